The highest BCUT2D eigenvalue weighted by Gasteiger charge is 2.36. The highest BCUT2D eigenvalue weighted by Crippen LogP contribution is 2.28. The molecule has 0 aliphatic heterocycles. The Labute approximate surface area is 154 Å². The van der Waals surface area contributed by atoms with E-state index in [1.165, 1.54) is 6.26 Å². The van der Waals surface area contributed by atoms with Gasteiger partial charge in [0.25, 0.3) is 11.8 Å². The van der Waals surface area contributed by atoms with Gasteiger partial charge >= 0.3 is 0 Å². The van der Waals surface area contributed by atoms with E-state index in [1.54, 1.807) is 12.1 Å². The maximum atomic E-state index is 13.1. The minimum absolute atomic E-state index is 0.137. The number of carbonyl (C=O) groups is 2. The molecule has 0 unspecified atom stereocenters. The molecular weight excluding hydrogens is 328 g/mol. The van der Waals surface area contributed by atoms with E-state index in [2.05, 4.69) is 10.6 Å². The van der Waals surface area contributed by atoms with E-state index in [1.807, 2.05) is 32.9 Å². The molecular formula is C21H26N2O3. The van der Waals surface area contributed by atoms with Crippen LogP contribution in [0.3, 0.4) is 0 Å². The highest BCUT2D eigenvalue weighted by molar-refractivity contribution is 5.98. The van der Waals surface area contributed by atoms with E-state index in [0.29, 0.717) is 5.56 Å². The van der Waals surface area contributed by atoms with Crippen molar-refractivity contribution in [3.63, 3.8) is 0 Å². The van der Waals surface area contributed by atoms with Crippen LogP contribution in [0.15, 0.2) is 34.9 Å². The molecule has 138 valence electrons. The van der Waals surface area contributed by atoms with Gasteiger partial charge < -0.3 is 15.1 Å². The zero-order valence-electron chi connectivity index (χ0n) is 15.6. The van der Waals surface area contributed by atoms with Crippen molar-refractivity contribution < 1.29 is 14.0 Å². The second-order valence-corrected chi connectivity index (χ2v) is 7.30. The molecule has 0 saturated heterocycles. The molecule has 1 aromatic heterocycles. The van der Waals surface area contributed by atoms with Crippen LogP contribution in [0.25, 0.3) is 0 Å². The molecule has 0 bridgehead atoms. The Kier molecular flexibility index (Phi) is 5.16. The third-order valence-electron chi connectivity index (χ3n) is 5.06. The van der Waals surface area contributed by atoms with Crippen LogP contribution in [0.2, 0.25) is 0 Å². The van der Waals surface area contributed by atoms with Crippen LogP contribution >= 0.6 is 0 Å². The van der Waals surface area contributed by atoms with Crippen molar-refractivity contribution in [1.82, 2.24) is 10.6 Å². The predicted octanol–water partition coefficient (Wildman–Crippen LogP) is 4.03. The SMILES string of the molecule is Cc1cc(C)c(C(=O)NC2(NC(=O)c3ccco3)CCCCC2)c(C)c1. The van der Waals surface area contributed by atoms with Crippen LogP contribution in [0.5, 0.6) is 0 Å². The summed E-state index contributed by atoms with van der Waals surface area (Å²) < 4.78 is 5.20. The monoisotopic (exact) mass is 354 g/mol. The smallest absolute Gasteiger partial charge is 0.288 e. The first-order valence-electron chi connectivity index (χ1n) is 9.17. The molecule has 5 nitrogen and oxygen atoms in total. The summed E-state index contributed by atoms with van der Waals surface area (Å²) in [6.45, 7) is 5.92. The average molecular weight is 354 g/mol. The number of hydrogen-bond donors (Lipinski definition) is 2. The number of carbonyl (C=O) groups excluding carboxylic acids is 2. The molecule has 3 rings (SSSR count). The number of hydrogen-bond acceptors (Lipinski definition) is 3. The first-order chi connectivity index (χ1) is 12.4. The van der Waals surface area contributed by atoms with Crippen molar-refractivity contribution in [2.45, 2.75) is 58.5 Å². The van der Waals surface area contributed by atoms with Crippen LogP contribution in [0.4, 0.5) is 0 Å². The molecule has 1 heterocycles. The summed E-state index contributed by atoms with van der Waals surface area (Å²) in [5.74, 6) is -0.178. The van der Waals surface area contributed by atoms with Crippen LogP contribution in [0, 0.1) is 20.8 Å². The normalized spacial score (nSPS) is 16.1. The van der Waals surface area contributed by atoms with Crippen molar-refractivity contribution >= 4 is 11.8 Å². The summed E-state index contributed by atoms with van der Waals surface area (Å²) in [4.78, 5) is 25.6. The Bertz CT molecular complexity index is 780. The first-order valence-corrected chi connectivity index (χ1v) is 9.17. The Morgan fingerprint density at radius 1 is 0.962 bits per heavy atom. The van der Waals surface area contributed by atoms with E-state index < -0.39 is 5.66 Å². The van der Waals surface area contributed by atoms with Crippen LogP contribution < -0.4 is 10.6 Å². The van der Waals surface area contributed by atoms with E-state index in [4.69, 9.17) is 4.42 Å². The fraction of sp³-hybridized carbons (Fsp3) is 0.429. The van der Waals surface area contributed by atoms with Gasteiger partial charge in [0.05, 0.1) is 6.26 Å². The number of aryl methyl sites for hydroxylation is 3. The third-order valence-corrected chi connectivity index (χ3v) is 5.06. The predicted molar refractivity (Wildman–Crippen MR) is 100 cm³/mol. The van der Waals surface area contributed by atoms with Crippen LogP contribution in [0.1, 0.15) is 69.7 Å². The fourth-order valence-electron chi connectivity index (χ4n) is 3.94. The molecule has 26 heavy (non-hydrogen) atoms. The molecule has 5 heteroatoms. The lowest BCUT2D eigenvalue weighted by Crippen LogP contribution is -2.61. The standard InChI is InChI=1S/C21H26N2O3/c1-14-12-15(2)18(16(3)13-14)20(25)23-21(9-5-4-6-10-21)22-19(24)17-8-7-11-26-17/h7-8,11-13H,4-6,9-10H2,1-3H3,(H,22,24)(H,23,25). The second kappa shape index (κ2) is 7.36. The van der Waals surface area contributed by atoms with Crippen molar-refractivity contribution in [1.29, 1.82) is 0 Å². The molecule has 0 radical (unpaired) electrons. The van der Waals surface area contributed by atoms with Crippen molar-refractivity contribution in [3.8, 4) is 0 Å². The number of furan rings is 1. The van der Waals surface area contributed by atoms with Gasteiger partial charge in [0, 0.05) is 5.56 Å². The summed E-state index contributed by atoms with van der Waals surface area (Å²) in [5.41, 5.74) is 2.98. The number of nitrogens with one attached hydrogen (secondary N) is 2. The maximum Gasteiger partial charge on any atom is 0.288 e. The zero-order chi connectivity index (χ0) is 18.7. The molecule has 1 saturated carbocycles. The van der Waals surface area contributed by atoms with Gasteiger partial charge in [-0.3, -0.25) is 9.59 Å². The van der Waals surface area contributed by atoms with E-state index in [0.717, 1.165) is 48.8 Å². The third kappa shape index (κ3) is 3.82. The van der Waals surface area contributed by atoms with Gasteiger partial charge in [-0.05, 0) is 69.7 Å². The molecule has 0 spiro atoms. The quantitative estimate of drug-likeness (QED) is 0.815. The first kappa shape index (κ1) is 18.2. The second-order valence-electron chi connectivity index (χ2n) is 7.30. The summed E-state index contributed by atoms with van der Waals surface area (Å²) in [6, 6.07) is 7.33. The minimum atomic E-state index is -0.733. The topological polar surface area (TPSA) is 71.3 Å². The van der Waals surface area contributed by atoms with Gasteiger partial charge in [0.15, 0.2) is 5.76 Å². The molecule has 0 atom stereocenters. The highest BCUT2D eigenvalue weighted by atomic mass is 16.3. The number of benzene rings is 1. The Morgan fingerprint density at radius 2 is 1.58 bits per heavy atom. The van der Waals surface area contributed by atoms with Gasteiger partial charge in [-0.25, -0.2) is 0 Å². The fourth-order valence-corrected chi connectivity index (χ4v) is 3.94. The van der Waals surface area contributed by atoms with E-state index >= 15 is 0 Å². The van der Waals surface area contributed by atoms with Gasteiger partial charge in [0.2, 0.25) is 0 Å². The van der Waals surface area contributed by atoms with Crippen molar-refractivity contribution in [2.24, 2.45) is 0 Å². The minimum Gasteiger partial charge on any atom is -0.459 e. The molecule has 1 aliphatic rings. The summed E-state index contributed by atoms with van der Waals surface area (Å²) in [5, 5.41) is 6.15. The molecule has 1 aliphatic carbocycles. The van der Waals surface area contributed by atoms with Gasteiger partial charge in [-0.2, -0.15) is 0 Å². The average Bonchev–Trinajstić information content (AvgIpc) is 3.09. The number of amides is 2. The van der Waals surface area contributed by atoms with Crippen LogP contribution in [-0.2, 0) is 0 Å². The maximum absolute atomic E-state index is 13.1. The van der Waals surface area contributed by atoms with Gasteiger partial charge in [-0.1, -0.05) is 24.1 Å². The lowest BCUT2D eigenvalue weighted by Gasteiger charge is -2.38. The van der Waals surface area contributed by atoms with E-state index in [-0.39, 0.29) is 17.6 Å². The summed E-state index contributed by atoms with van der Waals surface area (Å²) >= 11 is 0. The molecule has 2 amide bonds. The lowest BCUT2D eigenvalue weighted by molar-refractivity contribution is 0.0728. The Hall–Kier alpha value is -2.56. The largest absolute Gasteiger partial charge is 0.459 e. The van der Waals surface area contributed by atoms with Crippen molar-refractivity contribution in [2.75, 3.05) is 0 Å². The Morgan fingerprint density at radius 3 is 2.15 bits per heavy atom. The Balaban J connectivity index is 1.84. The van der Waals surface area contributed by atoms with Gasteiger partial charge in [0.1, 0.15) is 5.66 Å². The molecule has 1 fully saturated rings. The van der Waals surface area contributed by atoms with Crippen molar-refractivity contribution in [3.05, 3.63) is 58.5 Å². The van der Waals surface area contributed by atoms with Crippen LogP contribution in [-0.4, -0.2) is 17.5 Å². The summed E-state index contributed by atoms with van der Waals surface area (Å²) in [7, 11) is 0. The van der Waals surface area contributed by atoms with E-state index in [9.17, 15) is 9.59 Å². The molecule has 2 aromatic rings. The summed E-state index contributed by atoms with van der Waals surface area (Å²) in [6.07, 6.45) is 5.94. The molecule has 2 N–H and O–H groups in total. The lowest BCUT2D eigenvalue weighted by atomic mass is 9.88. The number of rotatable bonds is 4. The van der Waals surface area contributed by atoms with Gasteiger partial charge in [-0.15, -0.1) is 0 Å². The molecule has 1 aromatic carbocycles. The zero-order valence-corrected chi connectivity index (χ0v) is 15.6.